The highest BCUT2D eigenvalue weighted by Gasteiger charge is 2.54. The lowest BCUT2D eigenvalue weighted by Crippen LogP contribution is -2.66. The van der Waals surface area contributed by atoms with Crippen LogP contribution < -0.4 is 0 Å². The molecule has 0 aromatic rings. The highest BCUT2D eigenvalue weighted by atomic mass is 16.5. The van der Waals surface area contributed by atoms with Crippen LogP contribution in [0.2, 0.25) is 0 Å². The first kappa shape index (κ1) is 18.5. The van der Waals surface area contributed by atoms with Gasteiger partial charge >= 0.3 is 0 Å². The van der Waals surface area contributed by atoms with Crippen molar-refractivity contribution in [2.24, 2.45) is 11.8 Å². The summed E-state index contributed by atoms with van der Waals surface area (Å²) in [5.41, 5.74) is 0.938. The summed E-state index contributed by atoms with van der Waals surface area (Å²) in [6.07, 6.45) is 10.9. The van der Waals surface area contributed by atoms with Crippen molar-refractivity contribution in [1.82, 2.24) is 4.90 Å². The third kappa shape index (κ3) is 4.00. The Bertz CT molecular complexity index is 520. The van der Waals surface area contributed by atoms with Gasteiger partial charge in [0.1, 0.15) is 5.60 Å². The van der Waals surface area contributed by atoms with Gasteiger partial charge in [0, 0.05) is 38.6 Å². The number of likely N-dealkylation sites (tertiary alicyclic amines) is 1. The van der Waals surface area contributed by atoms with Crippen molar-refractivity contribution in [2.75, 3.05) is 46.1 Å². The van der Waals surface area contributed by atoms with Gasteiger partial charge in [0.25, 0.3) is 0 Å². The maximum atomic E-state index is 12.6. The second-order valence-corrected chi connectivity index (χ2v) is 8.45. The molecule has 1 amide bonds. The molecule has 5 nitrogen and oxygen atoms in total. The van der Waals surface area contributed by atoms with E-state index in [0.29, 0.717) is 11.8 Å². The maximum absolute atomic E-state index is 12.6. The smallest absolute Gasteiger partial charge is 0.249 e. The van der Waals surface area contributed by atoms with Crippen LogP contribution >= 0.6 is 0 Å². The van der Waals surface area contributed by atoms with Crippen LogP contribution in [0.4, 0.5) is 0 Å². The van der Waals surface area contributed by atoms with E-state index in [0.717, 1.165) is 96.6 Å². The predicted octanol–water partition coefficient (Wildman–Crippen LogP) is 2.94. The summed E-state index contributed by atoms with van der Waals surface area (Å²) in [6.45, 7) is 5.81. The molecule has 3 aliphatic heterocycles. The zero-order chi connectivity index (χ0) is 17.8. The van der Waals surface area contributed by atoms with E-state index in [1.54, 1.807) is 0 Å². The zero-order valence-corrected chi connectivity index (χ0v) is 15.9. The van der Waals surface area contributed by atoms with E-state index in [4.69, 9.17) is 14.2 Å². The molecule has 0 aromatic carbocycles. The molecule has 4 rings (SSSR count). The fourth-order valence-corrected chi connectivity index (χ4v) is 4.91. The molecule has 0 saturated carbocycles. The van der Waals surface area contributed by atoms with Gasteiger partial charge in [-0.15, -0.1) is 0 Å². The lowest BCUT2D eigenvalue weighted by Gasteiger charge is -2.50. The SMILES string of the molecule is O=C(C1=CCCCC1)N1CC2(C1)OCCC2CCOCC1CCOCC1. The van der Waals surface area contributed by atoms with Gasteiger partial charge in [-0.05, 0) is 63.2 Å². The number of amides is 1. The molecule has 26 heavy (non-hydrogen) atoms. The van der Waals surface area contributed by atoms with E-state index >= 15 is 0 Å². The molecule has 1 aliphatic carbocycles. The minimum absolute atomic E-state index is 0.0904. The molecular weight excluding hydrogens is 330 g/mol. The van der Waals surface area contributed by atoms with Crippen molar-refractivity contribution in [2.45, 2.75) is 57.0 Å². The summed E-state index contributed by atoms with van der Waals surface area (Å²) >= 11 is 0. The molecule has 1 atom stereocenters. The summed E-state index contributed by atoms with van der Waals surface area (Å²) in [6, 6.07) is 0. The minimum atomic E-state index is -0.0904. The number of carbonyl (C=O) groups is 1. The Morgan fingerprint density at radius 3 is 2.81 bits per heavy atom. The van der Waals surface area contributed by atoms with Crippen molar-refractivity contribution in [1.29, 1.82) is 0 Å². The standard InChI is InChI=1S/C21H33NO4/c23-20(18-4-2-1-3-5-18)22-15-21(16-22)19(9-13-26-21)8-12-25-14-17-6-10-24-11-7-17/h4,17,19H,1-3,5-16H2. The van der Waals surface area contributed by atoms with Crippen molar-refractivity contribution in [3.05, 3.63) is 11.6 Å². The van der Waals surface area contributed by atoms with E-state index < -0.39 is 0 Å². The lowest BCUT2D eigenvalue weighted by molar-refractivity contribution is -0.162. The van der Waals surface area contributed by atoms with Crippen molar-refractivity contribution < 1.29 is 19.0 Å². The largest absolute Gasteiger partial charge is 0.381 e. The molecule has 1 spiro atoms. The van der Waals surface area contributed by atoms with Crippen LogP contribution in [-0.4, -0.2) is 62.5 Å². The van der Waals surface area contributed by atoms with E-state index in [1.807, 2.05) is 4.90 Å². The number of carbonyl (C=O) groups excluding carboxylic acids is 1. The molecular formula is C21H33NO4. The van der Waals surface area contributed by atoms with Crippen LogP contribution in [-0.2, 0) is 19.0 Å². The molecule has 3 fully saturated rings. The van der Waals surface area contributed by atoms with E-state index in [-0.39, 0.29) is 11.5 Å². The van der Waals surface area contributed by atoms with E-state index in [2.05, 4.69) is 6.08 Å². The maximum Gasteiger partial charge on any atom is 0.249 e. The molecule has 0 aromatic heterocycles. The number of rotatable bonds is 6. The van der Waals surface area contributed by atoms with Gasteiger partial charge in [-0.1, -0.05) is 6.08 Å². The van der Waals surface area contributed by atoms with Gasteiger partial charge in [0.2, 0.25) is 5.91 Å². The molecule has 4 aliphatic rings. The number of ether oxygens (including phenoxy) is 3. The fraction of sp³-hybridized carbons (Fsp3) is 0.857. The quantitative estimate of drug-likeness (QED) is 0.681. The summed E-state index contributed by atoms with van der Waals surface area (Å²) < 4.78 is 17.5. The number of nitrogens with zero attached hydrogens (tertiary/aromatic N) is 1. The van der Waals surface area contributed by atoms with Crippen LogP contribution in [0.1, 0.15) is 51.4 Å². The number of hydrogen-bond donors (Lipinski definition) is 0. The monoisotopic (exact) mass is 363 g/mol. The number of allylic oxidation sites excluding steroid dienone is 1. The fourth-order valence-electron chi connectivity index (χ4n) is 4.91. The predicted molar refractivity (Wildman–Crippen MR) is 98.9 cm³/mol. The Labute approximate surface area is 157 Å². The first-order valence-electron chi connectivity index (χ1n) is 10.5. The first-order chi connectivity index (χ1) is 12.8. The Hall–Kier alpha value is -0.910. The van der Waals surface area contributed by atoms with Crippen molar-refractivity contribution >= 4 is 5.91 Å². The second-order valence-electron chi connectivity index (χ2n) is 8.45. The molecule has 3 saturated heterocycles. The molecule has 0 radical (unpaired) electrons. The van der Waals surface area contributed by atoms with Crippen LogP contribution in [0, 0.1) is 11.8 Å². The van der Waals surface area contributed by atoms with E-state index in [9.17, 15) is 4.79 Å². The highest BCUT2D eigenvalue weighted by Crippen LogP contribution is 2.42. The minimum Gasteiger partial charge on any atom is -0.381 e. The van der Waals surface area contributed by atoms with Gasteiger partial charge in [-0.25, -0.2) is 0 Å². The van der Waals surface area contributed by atoms with Gasteiger partial charge in [0.05, 0.1) is 13.1 Å². The van der Waals surface area contributed by atoms with E-state index in [1.165, 1.54) is 6.42 Å². The van der Waals surface area contributed by atoms with Crippen LogP contribution in [0.25, 0.3) is 0 Å². The zero-order valence-electron chi connectivity index (χ0n) is 15.9. The third-order valence-corrected chi connectivity index (χ3v) is 6.67. The van der Waals surface area contributed by atoms with Gasteiger partial charge < -0.3 is 19.1 Å². The lowest BCUT2D eigenvalue weighted by atomic mass is 9.78. The Morgan fingerprint density at radius 1 is 1.19 bits per heavy atom. The van der Waals surface area contributed by atoms with Gasteiger partial charge in [-0.3, -0.25) is 4.79 Å². The van der Waals surface area contributed by atoms with Crippen LogP contribution in [0.15, 0.2) is 11.6 Å². The molecule has 3 heterocycles. The van der Waals surface area contributed by atoms with Gasteiger partial charge in [0.15, 0.2) is 0 Å². The normalized spacial score (nSPS) is 28.8. The summed E-state index contributed by atoms with van der Waals surface area (Å²) in [7, 11) is 0. The Kier molecular flexibility index (Phi) is 5.97. The van der Waals surface area contributed by atoms with Crippen molar-refractivity contribution in [3.63, 3.8) is 0 Å². The highest BCUT2D eigenvalue weighted by molar-refractivity contribution is 5.94. The Balaban J connectivity index is 1.20. The van der Waals surface area contributed by atoms with Crippen LogP contribution in [0.5, 0.6) is 0 Å². The molecule has 0 bridgehead atoms. The summed E-state index contributed by atoms with van der Waals surface area (Å²) in [4.78, 5) is 14.6. The summed E-state index contributed by atoms with van der Waals surface area (Å²) in [5.74, 6) is 1.44. The topological polar surface area (TPSA) is 48.0 Å². The molecule has 146 valence electrons. The van der Waals surface area contributed by atoms with Crippen molar-refractivity contribution in [3.8, 4) is 0 Å². The molecule has 5 heteroatoms. The average Bonchev–Trinajstić information content (AvgIpc) is 3.09. The van der Waals surface area contributed by atoms with Crippen LogP contribution in [0.3, 0.4) is 0 Å². The third-order valence-electron chi connectivity index (χ3n) is 6.67. The molecule has 0 N–H and O–H groups in total. The van der Waals surface area contributed by atoms with Gasteiger partial charge in [-0.2, -0.15) is 0 Å². The Morgan fingerprint density at radius 2 is 2.04 bits per heavy atom. The number of hydrogen-bond acceptors (Lipinski definition) is 4. The summed E-state index contributed by atoms with van der Waals surface area (Å²) in [5, 5.41) is 0. The first-order valence-corrected chi connectivity index (χ1v) is 10.5. The average molecular weight is 363 g/mol. The second kappa shape index (κ2) is 8.41. The molecule has 1 unspecified atom stereocenters.